The Kier molecular flexibility index (Phi) is 4.48. The number of benzene rings is 1. The van der Waals surface area contributed by atoms with Crippen LogP contribution in [0.1, 0.15) is 12.8 Å². The number of oxazole rings is 1. The summed E-state index contributed by atoms with van der Waals surface area (Å²) in [6.07, 6.45) is 4.25. The van der Waals surface area contributed by atoms with Crippen LogP contribution in [0.5, 0.6) is 5.75 Å². The summed E-state index contributed by atoms with van der Waals surface area (Å²) in [5, 5.41) is 0.384. The quantitative estimate of drug-likeness (QED) is 0.654. The number of nitrogens with zero attached hydrogens (tertiary/aromatic N) is 2. The average molecular weight is 330 g/mol. The van der Waals surface area contributed by atoms with Crippen LogP contribution in [0.4, 0.5) is 0 Å². The molecule has 0 radical (unpaired) electrons. The number of fused-ring (bicyclic) bond motifs is 1. The lowest BCUT2D eigenvalue weighted by atomic mass is 10.1. The Bertz CT molecular complexity index is 957. The minimum absolute atomic E-state index is 0.324. The van der Waals surface area contributed by atoms with Crippen LogP contribution in [-0.4, -0.2) is 28.2 Å². The Hall–Kier alpha value is -2.87. The van der Waals surface area contributed by atoms with Crippen molar-refractivity contribution in [3.63, 3.8) is 0 Å². The van der Waals surface area contributed by atoms with E-state index in [-0.39, 0.29) is 5.56 Å². The van der Waals surface area contributed by atoms with Crippen LogP contribution in [0.25, 0.3) is 22.2 Å². The molecule has 0 spiro atoms. The number of aromatic nitrogens is 3. The van der Waals surface area contributed by atoms with Gasteiger partial charge in [0.15, 0.2) is 12.2 Å². The van der Waals surface area contributed by atoms with Gasteiger partial charge < -0.3 is 19.9 Å². The van der Waals surface area contributed by atoms with Crippen LogP contribution in [0.3, 0.4) is 0 Å². The lowest BCUT2D eigenvalue weighted by Crippen LogP contribution is -2.35. The van der Waals surface area contributed by atoms with Gasteiger partial charge in [-0.3, -0.25) is 9.36 Å². The van der Waals surface area contributed by atoms with Gasteiger partial charge in [-0.05, 0) is 25.5 Å². The zero-order chi connectivity index (χ0) is 17.1. The molecule has 0 atom stereocenters. The van der Waals surface area contributed by atoms with Gasteiger partial charge in [0.2, 0.25) is 0 Å². The molecule has 3 N–H and O–H groups in total. The first kappa shape index (κ1) is 16.0. The number of ether oxygens (including phenoxy) is 1. The van der Waals surface area contributed by atoms with Crippen LogP contribution < -0.4 is 21.7 Å². The summed E-state index contributed by atoms with van der Waals surface area (Å²) in [5.74, 6) is 0.962. The topological polar surface area (TPSA) is 116 Å². The summed E-state index contributed by atoms with van der Waals surface area (Å²) >= 11 is 0. The van der Waals surface area contributed by atoms with E-state index in [1.807, 2.05) is 0 Å². The Labute approximate surface area is 136 Å². The van der Waals surface area contributed by atoms with Crippen molar-refractivity contribution in [1.29, 1.82) is 0 Å². The van der Waals surface area contributed by atoms with Crippen LogP contribution >= 0.6 is 0 Å². The fraction of sp³-hybridized carbons (Fsp3) is 0.312. The predicted octanol–water partition coefficient (Wildman–Crippen LogP) is 1.09. The van der Waals surface area contributed by atoms with Crippen LogP contribution in [0, 0.1) is 0 Å². The summed E-state index contributed by atoms with van der Waals surface area (Å²) in [6, 6.07) is 3.26. The molecule has 0 saturated heterocycles. The van der Waals surface area contributed by atoms with Gasteiger partial charge in [0.25, 0.3) is 5.56 Å². The van der Waals surface area contributed by atoms with Crippen LogP contribution in [0.15, 0.2) is 38.7 Å². The van der Waals surface area contributed by atoms with E-state index >= 15 is 0 Å². The van der Waals surface area contributed by atoms with Crippen molar-refractivity contribution < 1.29 is 9.15 Å². The molecule has 8 heteroatoms. The second kappa shape index (κ2) is 6.71. The van der Waals surface area contributed by atoms with Crippen molar-refractivity contribution in [1.82, 2.24) is 14.5 Å². The zero-order valence-corrected chi connectivity index (χ0v) is 13.2. The molecule has 0 amide bonds. The molecule has 0 fully saturated rings. The highest BCUT2D eigenvalue weighted by atomic mass is 16.5. The summed E-state index contributed by atoms with van der Waals surface area (Å²) in [5.41, 5.74) is 5.68. The Morgan fingerprint density at radius 3 is 2.83 bits per heavy atom. The van der Waals surface area contributed by atoms with Gasteiger partial charge in [0.1, 0.15) is 5.75 Å². The van der Waals surface area contributed by atoms with E-state index in [0.29, 0.717) is 47.5 Å². The molecule has 0 aliphatic carbocycles. The van der Waals surface area contributed by atoms with Gasteiger partial charge in [-0.25, -0.2) is 9.78 Å². The first-order chi connectivity index (χ1) is 11.7. The summed E-state index contributed by atoms with van der Waals surface area (Å²) in [7, 11) is 1.51. The van der Waals surface area contributed by atoms with Crippen molar-refractivity contribution in [3.05, 3.63) is 45.6 Å². The van der Waals surface area contributed by atoms with E-state index in [0.717, 1.165) is 6.42 Å². The highest BCUT2D eigenvalue weighted by molar-refractivity contribution is 5.86. The van der Waals surface area contributed by atoms with E-state index < -0.39 is 5.69 Å². The van der Waals surface area contributed by atoms with E-state index in [2.05, 4.69) is 9.97 Å². The molecule has 24 heavy (non-hydrogen) atoms. The van der Waals surface area contributed by atoms with Gasteiger partial charge in [-0.2, -0.15) is 0 Å². The minimum atomic E-state index is -0.445. The third-order valence-corrected chi connectivity index (χ3v) is 3.84. The second-order valence-electron chi connectivity index (χ2n) is 5.35. The normalized spacial score (nSPS) is 11.1. The number of methoxy groups -OCH3 is 1. The lowest BCUT2D eigenvalue weighted by Gasteiger charge is -2.10. The molecule has 1 aromatic carbocycles. The first-order valence-electron chi connectivity index (χ1n) is 7.59. The highest BCUT2D eigenvalue weighted by Gasteiger charge is 2.15. The van der Waals surface area contributed by atoms with E-state index in [9.17, 15) is 9.59 Å². The van der Waals surface area contributed by atoms with Gasteiger partial charge in [-0.1, -0.05) is 0 Å². The van der Waals surface area contributed by atoms with Gasteiger partial charge in [0, 0.05) is 12.6 Å². The Balaban J connectivity index is 2.19. The van der Waals surface area contributed by atoms with Crippen molar-refractivity contribution in [2.45, 2.75) is 19.4 Å². The fourth-order valence-electron chi connectivity index (χ4n) is 2.61. The molecular formula is C16H18N4O4. The van der Waals surface area contributed by atoms with E-state index in [1.165, 1.54) is 24.3 Å². The minimum Gasteiger partial charge on any atom is -0.496 e. The summed E-state index contributed by atoms with van der Waals surface area (Å²) in [4.78, 5) is 31.5. The zero-order valence-electron chi connectivity index (χ0n) is 13.2. The second-order valence-corrected chi connectivity index (χ2v) is 5.35. The Morgan fingerprint density at radius 2 is 2.17 bits per heavy atom. The average Bonchev–Trinajstić information content (AvgIpc) is 3.11. The fourth-order valence-corrected chi connectivity index (χ4v) is 2.61. The molecule has 8 nitrogen and oxygen atoms in total. The summed E-state index contributed by atoms with van der Waals surface area (Å²) in [6.45, 7) is 0.845. The number of unbranched alkanes of at least 4 members (excludes halogenated alkanes) is 1. The monoisotopic (exact) mass is 330 g/mol. The number of hydrogen-bond donors (Lipinski definition) is 2. The van der Waals surface area contributed by atoms with Crippen molar-refractivity contribution in [3.8, 4) is 17.1 Å². The standard InChI is InChI=1S/C16H18N4O4/c1-23-13-7-12-10(6-11(13)14-8-18-9-24-14)15(21)20(16(22)19-12)5-3-2-4-17/h6-9H,2-5,17H2,1H3,(H,19,22). The van der Waals surface area contributed by atoms with Gasteiger partial charge in [0.05, 0.1) is 29.8 Å². The number of H-pyrrole nitrogens is 1. The molecule has 0 aliphatic rings. The predicted molar refractivity (Wildman–Crippen MR) is 89.2 cm³/mol. The van der Waals surface area contributed by atoms with Gasteiger partial charge >= 0.3 is 5.69 Å². The highest BCUT2D eigenvalue weighted by Crippen LogP contribution is 2.32. The van der Waals surface area contributed by atoms with Crippen molar-refractivity contribution in [2.75, 3.05) is 13.7 Å². The van der Waals surface area contributed by atoms with E-state index in [4.69, 9.17) is 14.9 Å². The smallest absolute Gasteiger partial charge is 0.328 e. The molecule has 0 unspecified atom stereocenters. The maximum Gasteiger partial charge on any atom is 0.328 e. The largest absolute Gasteiger partial charge is 0.496 e. The first-order valence-corrected chi connectivity index (χ1v) is 7.59. The number of nitrogens with one attached hydrogen (secondary N) is 1. The molecule has 3 rings (SSSR count). The van der Waals surface area contributed by atoms with Crippen LogP contribution in [-0.2, 0) is 6.54 Å². The third kappa shape index (κ3) is 2.83. The molecular weight excluding hydrogens is 312 g/mol. The van der Waals surface area contributed by atoms with Crippen molar-refractivity contribution in [2.24, 2.45) is 5.73 Å². The number of nitrogens with two attached hydrogens (primary N) is 1. The number of rotatable bonds is 6. The third-order valence-electron chi connectivity index (χ3n) is 3.84. The molecule has 126 valence electrons. The molecule has 2 aromatic heterocycles. The SMILES string of the molecule is COc1cc2[nH]c(=O)n(CCCCN)c(=O)c2cc1-c1cnco1. The molecule has 2 heterocycles. The maximum atomic E-state index is 12.7. The number of hydrogen-bond acceptors (Lipinski definition) is 6. The lowest BCUT2D eigenvalue weighted by molar-refractivity contribution is 0.415. The maximum absolute atomic E-state index is 12.7. The van der Waals surface area contributed by atoms with E-state index in [1.54, 1.807) is 12.1 Å². The molecule has 0 saturated carbocycles. The van der Waals surface area contributed by atoms with Crippen molar-refractivity contribution >= 4 is 10.9 Å². The molecule has 0 aliphatic heterocycles. The summed E-state index contributed by atoms with van der Waals surface area (Å²) < 4.78 is 11.8. The Morgan fingerprint density at radius 1 is 1.33 bits per heavy atom. The van der Waals surface area contributed by atoms with Gasteiger partial charge in [-0.15, -0.1) is 0 Å². The molecule has 0 bridgehead atoms. The van der Waals surface area contributed by atoms with Crippen LogP contribution in [0.2, 0.25) is 0 Å². The molecule has 3 aromatic rings. The number of aromatic amines is 1.